The van der Waals surface area contributed by atoms with Crippen LogP contribution in [0.1, 0.15) is 20.7 Å². The third-order valence-electron chi connectivity index (χ3n) is 4.90. The molecule has 3 aromatic carbocycles. The standard InChI is InChI=1S/C25H16BrCl2N3O4/c26-15-7-5-14(6-8-15)24(33)31-30-23(32)13-35-25(34)19-12-22(18-10-9-16(27)11-20(18)28)29-21-4-2-1-3-17(19)21/h1-12H,13H2,(H,30,32)(H,31,33). The second-order valence-corrected chi connectivity index (χ2v) is 9.04. The molecule has 0 aliphatic heterocycles. The fourth-order valence-electron chi connectivity index (χ4n) is 3.22. The molecule has 4 rings (SSSR count). The largest absolute Gasteiger partial charge is 0.452 e. The molecule has 4 aromatic rings. The van der Waals surface area contributed by atoms with Crippen molar-refractivity contribution in [2.24, 2.45) is 0 Å². The molecule has 35 heavy (non-hydrogen) atoms. The lowest BCUT2D eigenvalue weighted by Crippen LogP contribution is -2.43. The van der Waals surface area contributed by atoms with Gasteiger partial charge in [0.15, 0.2) is 6.61 Å². The number of halogens is 3. The topological polar surface area (TPSA) is 97.4 Å². The van der Waals surface area contributed by atoms with Crippen molar-refractivity contribution < 1.29 is 19.1 Å². The Morgan fingerprint density at radius 2 is 1.66 bits per heavy atom. The minimum atomic E-state index is -0.732. The highest BCUT2D eigenvalue weighted by molar-refractivity contribution is 9.10. The smallest absolute Gasteiger partial charge is 0.339 e. The van der Waals surface area contributed by atoms with Gasteiger partial charge >= 0.3 is 5.97 Å². The molecule has 0 aliphatic carbocycles. The molecule has 0 radical (unpaired) electrons. The lowest BCUT2D eigenvalue weighted by Gasteiger charge is -2.11. The first-order valence-corrected chi connectivity index (χ1v) is 11.7. The Bertz CT molecular complexity index is 1440. The van der Waals surface area contributed by atoms with Gasteiger partial charge in [-0.05, 0) is 54.6 Å². The number of hydrazine groups is 1. The van der Waals surface area contributed by atoms with Crippen LogP contribution in [-0.2, 0) is 9.53 Å². The molecule has 7 nitrogen and oxygen atoms in total. The summed E-state index contributed by atoms with van der Waals surface area (Å²) in [6.07, 6.45) is 0. The monoisotopic (exact) mass is 571 g/mol. The van der Waals surface area contributed by atoms with Crippen LogP contribution < -0.4 is 10.9 Å². The van der Waals surface area contributed by atoms with Crippen molar-refractivity contribution in [3.8, 4) is 11.3 Å². The normalized spacial score (nSPS) is 10.6. The zero-order valence-corrected chi connectivity index (χ0v) is 20.9. The predicted octanol–water partition coefficient (Wildman–Crippen LogP) is 5.59. The summed E-state index contributed by atoms with van der Waals surface area (Å²) in [5.41, 5.74) is 6.64. The van der Waals surface area contributed by atoms with E-state index < -0.39 is 24.4 Å². The summed E-state index contributed by atoms with van der Waals surface area (Å²) in [7, 11) is 0. The Hall–Kier alpha value is -3.46. The molecule has 2 N–H and O–H groups in total. The third kappa shape index (κ3) is 5.97. The molecule has 0 atom stereocenters. The van der Waals surface area contributed by atoms with Crippen LogP contribution in [0.3, 0.4) is 0 Å². The Labute approximate surface area is 218 Å². The summed E-state index contributed by atoms with van der Waals surface area (Å²) in [5.74, 6) is -1.95. The number of amides is 2. The number of nitrogens with one attached hydrogen (secondary N) is 2. The minimum Gasteiger partial charge on any atom is -0.452 e. The third-order valence-corrected chi connectivity index (χ3v) is 5.98. The summed E-state index contributed by atoms with van der Waals surface area (Å²) in [6, 6.07) is 20.1. The molecular weight excluding hydrogens is 557 g/mol. The minimum absolute atomic E-state index is 0.211. The van der Waals surface area contributed by atoms with Crippen molar-refractivity contribution in [1.29, 1.82) is 0 Å². The molecule has 0 aliphatic rings. The maximum absolute atomic E-state index is 12.9. The van der Waals surface area contributed by atoms with Crippen molar-refractivity contribution in [1.82, 2.24) is 15.8 Å². The number of hydrogen-bond acceptors (Lipinski definition) is 5. The number of benzene rings is 3. The number of fused-ring (bicyclic) bond motifs is 1. The molecule has 10 heteroatoms. The highest BCUT2D eigenvalue weighted by atomic mass is 79.9. The van der Waals surface area contributed by atoms with E-state index in [9.17, 15) is 14.4 Å². The van der Waals surface area contributed by atoms with Crippen LogP contribution in [0.4, 0.5) is 0 Å². The van der Waals surface area contributed by atoms with Crippen molar-refractivity contribution in [2.45, 2.75) is 0 Å². The molecule has 0 fully saturated rings. The number of carbonyl (C=O) groups excluding carboxylic acids is 3. The van der Waals surface area contributed by atoms with Gasteiger partial charge in [-0.1, -0.05) is 57.3 Å². The molecular formula is C25H16BrCl2N3O4. The maximum Gasteiger partial charge on any atom is 0.339 e. The number of carbonyl (C=O) groups is 3. The maximum atomic E-state index is 12.9. The van der Waals surface area contributed by atoms with Gasteiger partial charge in [-0.3, -0.25) is 20.4 Å². The summed E-state index contributed by atoms with van der Waals surface area (Å²) >= 11 is 15.6. The Kier molecular flexibility index (Phi) is 7.65. The highest BCUT2D eigenvalue weighted by Crippen LogP contribution is 2.32. The SMILES string of the molecule is O=C(COC(=O)c1cc(-c2ccc(Cl)cc2Cl)nc2ccccc12)NNC(=O)c1ccc(Br)cc1. The van der Waals surface area contributed by atoms with Crippen LogP contribution in [-0.4, -0.2) is 29.4 Å². The average Bonchev–Trinajstić information content (AvgIpc) is 2.85. The summed E-state index contributed by atoms with van der Waals surface area (Å²) < 4.78 is 6.02. The number of ether oxygens (including phenoxy) is 1. The summed E-state index contributed by atoms with van der Waals surface area (Å²) in [6.45, 7) is -0.604. The van der Waals surface area contributed by atoms with E-state index in [0.29, 0.717) is 37.8 Å². The molecule has 0 saturated heterocycles. The fourth-order valence-corrected chi connectivity index (χ4v) is 3.99. The van der Waals surface area contributed by atoms with Gasteiger partial charge in [0.1, 0.15) is 0 Å². The van der Waals surface area contributed by atoms with Gasteiger partial charge in [0.2, 0.25) is 0 Å². The first-order chi connectivity index (χ1) is 16.8. The number of rotatable bonds is 5. The van der Waals surface area contributed by atoms with Crippen LogP contribution in [0, 0.1) is 0 Å². The van der Waals surface area contributed by atoms with Gasteiger partial charge < -0.3 is 4.74 Å². The lowest BCUT2D eigenvalue weighted by molar-refractivity contribution is -0.125. The van der Waals surface area contributed by atoms with Gasteiger partial charge in [0.25, 0.3) is 11.8 Å². The molecule has 2 amide bonds. The Balaban J connectivity index is 1.47. The number of pyridine rings is 1. The number of esters is 1. The van der Waals surface area contributed by atoms with E-state index in [1.165, 1.54) is 0 Å². The Morgan fingerprint density at radius 3 is 2.40 bits per heavy atom. The Morgan fingerprint density at radius 1 is 0.914 bits per heavy atom. The molecule has 0 saturated carbocycles. The average molecular weight is 573 g/mol. The second kappa shape index (κ2) is 10.9. The van der Waals surface area contributed by atoms with Crippen molar-refractivity contribution in [2.75, 3.05) is 6.61 Å². The first-order valence-electron chi connectivity index (χ1n) is 10.2. The van der Waals surface area contributed by atoms with E-state index in [2.05, 4.69) is 31.8 Å². The zero-order valence-electron chi connectivity index (χ0n) is 17.8. The van der Waals surface area contributed by atoms with E-state index in [0.717, 1.165) is 4.47 Å². The second-order valence-electron chi connectivity index (χ2n) is 7.28. The van der Waals surface area contributed by atoms with E-state index >= 15 is 0 Å². The van der Waals surface area contributed by atoms with E-state index in [1.807, 2.05) is 0 Å². The van der Waals surface area contributed by atoms with Gasteiger partial charge in [-0.2, -0.15) is 0 Å². The molecule has 176 valence electrons. The van der Waals surface area contributed by atoms with Crippen molar-refractivity contribution in [3.05, 3.63) is 98.4 Å². The number of hydrogen-bond donors (Lipinski definition) is 2. The lowest BCUT2D eigenvalue weighted by atomic mass is 10.0. The van der Waals surface area contributed by atoms with Crippen molar-refractivity contribution in [3.63, 3.8) is 0 Å². The predicted molar refractivity (Wildman–Crippen MR) is 137 cm³/mol. The highest BCUT2D eigenvalue weighted by Gasteiger charge is 2.18. The molecule has 0 unspecified atom stereocenters. The number of para-hydroxylation sites is 1. The number of aromatic nitrogens is 1. The molecule has 1 aromatic heterocycles. The fraction of sp³-hybridized carbons (Fsp3) is 0.0400. The van der Waals surface area contributed by atoms with Crippen molar-refractivity contribution >= 4 is 67.8 Å². The van der Waals surface area contributed by atoms with Gasteiger partial charge in [-0.15, -0.1) is 0 Å². The summed E-state index contributed by atoms with van der Waals surface area (Å²) in [5, 5.41) is 1.40. The van der Waals surface area contributed by atoms with Gasteiger partial charge in [-0.25, -0.2) is 9.78 Å². The molecule has 0 spiro atoms. The summed E-state index contributed by atoms with van der Waals surface area (Å²) in [4.78, 5) is 41.8. The van der Waals surface area contributed by atoms with Gasteiger partial charge in [0.05, 0.1) is 21.8 Å². The van der Waals surface area contributed by atoms with Crippen LogP contribution in [0.15, 0.2) is 77.3 Å². The van der Waals surface area contributed by atoms with Crippen LogP contribution in [0.25, 0.3) is 22.2 Å². The van der Waals surface area contributed by atoms with Gasteiger partial charge in [0, 0.05) is 26.0 Å². The molecule has 0 bridgehead atoms. The zero-order chi connectivity index (χ0) is 24.9. The molecule has 1 heterocycles. The van der Waals surface area contributed by atoms with E-state index in [1.54, 1.807) is 72.8 Å². The first kappa shape index (κ1) is 24.7. The van der Waals surface area contributed by atoms with Crippen LogP contribution >= 0.6 is 39.1 Å². The number of nitrogens with zero attached hydrogens (tertiary/aromatic N) is 1. The quantitative estimate of drug-likeness (QED) is 0.240. The van der Waals surface area contributed by atoms with E-state index in [4.69, 9.17) is 27.9 Å². The van der Waals surface area contributed by atoms with Crippen LogP contribution in [0.5, 0.6) is 0 Å². The van der Waals surface area contributed by atoms with Crippen LogP contribution in [0.2, 0.25) is 10.0 Å². The van der Waals surface area contributed by atoms with E-state index in [-0.39, 0.29) is 5.56 Å².